The first-order valence-electron chi connectivity index (χ1n) is 14.6. The number of nitrogens with zero attached hydrogens (tertiary/aromatic N) is 1. The summed E-state index contributed by atoms with van der Waals surface area (Å²) in [6.45, 7) is 6.77. The Kier molecular flexibility index (Phi) is 16.2. The molecule has 0 atom stereocenters. The zero-order chi connectivity index (χ0) is 24.3. The van der Waals surface area contributed by atoms with Crippen molar-refractivity contribution >= 4 is 14.5 Å². The van der Waals surface area contributed by atoms with Crippen molar-refractivity contribution in [2.75, 3.05) is 0 Å². The molecule has 4 heteroatoms. The monoisotopic (exact) mass is 482 g/mol. The van der Waals surface area contributed by atoms with Crippen LogP contribution in [0.4, 0.5) is 0 Å². The molecule has 1 heterocycles. The van der Waals surface area contributed by atoms with Gasteiger partial charge in [-0.3, -0.25) is 0 Å². The Balaban J connectivity index is 1.49. The third-order valence-electron chi connectivity index (χ3n) is 7.02. The summed E-state index contributed by atoms with van der Waals surface area (Å²) in [4.78, 5) is 8.13. The number of benzene rings is 1. The van der Waals surface area contributed by atoms with Gasteiger partial charge in [-0.15, -0.1) is 0 Å². The van der Waals surface area contributed by atoms with Gasteiger partial charge in [-0.2, -0.15) is 0 Å². The molecule has 0 bridgehead atoms. The number of hydrogen-bond donors (Lipinski definition) is 1. The van der Waals surface area contributed by atoms with Crippen LogP contribution < -0.4 is 3.79 Å². The normalized spacial score (nSPS) is 11.1. The van der Waals surface area contributed by atoms with Crippen molar-refractivity contribution in [3.05, 3.63) is 36.3 Å². The largest absolute Gasteiger partial charge is 0.643 e. The summed E-state index contributed by atoms with van der Waals surface area (Å²) in [5, 5.41) is 2.36. The van der Waals surface area contributed by atoms with Crippen LogP contribution in [0.15, 0.2) is 30.5 Å². The van der Waals surface area contributed by atoms with Crippen molar-refractivity contribution in [2.24, 2.45) is 0 Å². The highest BCUT2D eigenvalue weighted by atomic mass is 27.2. The highest BCUT2D eigenvalue weighted by Gasteiger charge is 2.17. The maximum Gasteiger partial charge on any atom is 0.546 e. The number of aryl methyl sites for hydroxylation is 1. The van der Waals surface area contributed by atoms with Crippen LogP contribution >= 0.6 is 0 Å². The predicted molar refractivity (Wildman–Crippen MR) is 150 cm³/mol. The van der Waals surface area contributed by atoms with E-state index in [0.717, 1.165) is 23.7 Å². The van der Waals surface area contributed by atoms with Gasteiger partial charge in [-0.1, -0.05) is 121 Å². The van der Waals surface area contributed by atoms with E-state index in [9.17, 15) is 0 Å². The molecule has 1 aromatic carbocycles. The van der Waals surface area contributed by atoms with E-state index in [1.165, 1.54) is 112 Å². The average Bonchev–Trinajstić information content (AvgIpc) is 3.34. The van der Waals surface area contributed by atoms with Crippen LogP contribution in [-0.4, -0.2) is 24.5 Å². The van der Waals surface area contributed by atoms with Crippen LogP contribution in [0.1, 0.15) is 123 Å². The van der Waals surface area contributed by atoms with Crippen molar-refractivity contribution in [3.63, 3.8) is 0 Å². The lowest BCUT2D eigenvalue weighted by molar-refractivity contribution is 0.531. The summed E-state index contributed by atoms with van der Waals surface area (Å²) in [6, 6.07) is 8.51. The number of hydrogen-bond acceptors (Lipinski definition) is 2. The Bertz CT molecular complexity index is 724. The predicted octanol–water partition coefficient (Wildman–Crippen LogP) is 9.90. The molecule has 2 rings (SSSR count). The number of nitrogens with one attached hydrogen (secondary N) is 1. The molecule has 0 unspecified atom stereocenters. The minimum absolute atomic E-state index is 1.02. The van der Waals surface area contributed by atoms with E-state index in [-0.39, 0.29) is 0 Å². The van der Waals surface area contributed by atoms with Crippen LogP contribution in [0.3, 0.4) is 0 Å². The SMILES string of the molecule is CCCCCCCCCCCCCCCCCc1ncc(-c2ccc([O][Al]([CH2]C)[CH2]C)cc2)[nH]1. The van der Waals surface area contributed by atoms with Crippen molar-refractivity contribution in [2.45, 2.75) is 134 Å². The minimum atomic E-state index is -1.06. The van der Waals surface area contributed by atoms with Crippen molar-refractivity contribution in [3.8, 4) is 17.0 Å². The minimum Gasteiger partial charge on any atom is -0.643 e. The Labute approximate surface area is 215 Å². The number of aromatic amines is 1. The van der Waals surface area contributed by atoms with Gasteiger partial charge in [0.25, 0.3) is 0 Å². The highest BCUT2D eigenvalue weighted by molar-refractivity contribution is 6.52. The van der Waals surface area contributed by atoms with Crippen LogP contribution in [0, 0.1) is 0 Å². The molecule has 0 saturated carbocycles. The van der Waals surface area contributed by atoms with Crippen molar-refractivity contribution < 1.29 is 3.79 Å². The molecule has 0 saturated heterocycles. The fourth-order valence-corrected chi connectivity index (χ4v) is 6.11. The second kappa shape index (κ2) is 19.0. The van der Waals surface area contributed by atoms with Gasteiger partial charge in [0.15, 0.2) is 0 Å². The summed E-state index contributed by atoms with van der Waals surface area (Å²) in [5.41, 5.74) is 2.30. The number of H-pyrrole nitrogens is 1. The Morgan fingerprint density at radius 3 is 1.68 bits per heavy atom. The second-order valence-corrected chi connectivity index (χ2v) is 13.1. The zero-order valence-electron chi connectivity index (χ0n) is 22.5. The fraction of sp³-hybridized carbons (Fsp3) is 0.700. The van der Waals surface area contributed by atoms with Gasteiger partial charge in [0.1, 0.15) is 5.82 Å². The van der Waals surface area contributed by atoms with Gasteiger partial charge in [0.05, 0.1) is 17.6 Å². The smallest absolute Gasteiger partial charge is 0.546 e. The van der Waals surface area contributed by atoms with E-state index in [0.29, 0.717) is 0 Å². The van der Waals surface area contributed by atoms with Crippen LogP contribution in [0.5, 0.6) is 5.75 Å². The molecule has 34 heavy (non-hydrogen) atoms. The fourth-order valence-electron chi connectivity index (χ4n) is 4.66. The molecule has 0 aliphatic carbocycles. The standard InChI is InChI=1S/C26H42N2O.2C2H5.Al/c1-2-3-4-5-6-7-8-9-10-11-12-13-14-15-16-17-26-27-22-25(28-26)23-18-20-24(29)21-19-23;2*1-2;/h18-22,29H,2-17H2,1H3,(H,27,28);2*1H2,2H3;/q;;;+1/p-1. The summed E-state index contributed by atoms with van der Waals surface area (Å²) in [5.74, 6) is 2.14. The molecular weight excluding hydrogens is 431 g/mol. The third-order valence-corrected chi connectivity index (χ3v) is 9.45. The molecule has 2 aromatic rings. The van der Waals surface area contributed by atoms with E-state index >= 15 is 0 Å². The number of aromatic nitrogens is 2. The van der Waals surface area contributed by atoms with Gasteiger partial charge in [0, 0.05) is 6.42 Å². The maximum atomic E-state index is 6.16. The molecule has 1 aromatic heterocycles. The summed E-state index contributed by atoms with van der Waals surface area (Å²) in [7, 11) is 0. The van der Waals surface area contributed by atoms with Crippen molar-refractivity contribution in [1.82, 2.24) is 9.97 Å². The van der Waals surface area contributed by atoms with Gasteiger partial charge < -0.3 is 8.77 Å². The maximum absolute atomic E-state index is 6.16. The molecule has 0 aliphatic heterocycles. The molecule has 0 amide bonds. The number of unbranched alkanes of at least 4 members (excludes halogenated alkanes) is 14. The molecule has 190 valence electrons. The summed E-state index contributed by atoms with van der Waals surface area (Å²) >= 11 is -1.06. The third kappa shape index (κ3) is 12.5. The van der Waals surface area contributed by atoms with E-state index < -0.39 is 14.5 Å². The first kappa shape index (κ1) is 29.0. The van der Waals surface area contributed by atoms with Gasteiger partial charge >= 0.3 is 14.5 Å². The van der Waals surface area contributed by atoms with E-state index in [1.807, 2.05) is 6.20 Å². The molecule has 0 fully saturated rings. The van der Waals surface area contributed by atoms with Gasteiger partial charge in [-0.25, -0.2) is 4.98 Å². The van der Waals surface area contributed by atoms with E-state index in [4.69, 9.17) is 3.79 Å². The molecule has 0 radical (unpaired) electrons. The van der Waals surface area contributed by atoms with E-state index in [1.54, 1.807) is 0 Å². The van der Waals surface area contributed by atoms with Crippen LogP contribution in [-0.2, 0) is 6.42 Å². The van der Waals surface area contributed by atoms with Gasteiger partial charge in [-0.05, 0) is 36.2 Å². The highest BCUT2D eigenvalue weighted by Crippen LogP contribution is 2.22. The topological polar surface area (TPSA) is 37.9 Å². The van der Waals surface area contributed by atoms with Crippen molar-refractivity contribution in [1.29, 1.82) is 0 Å². The van der Waals surface area contributed by atoms with Crippen LogP contribution in [0.25, 0.3) is 11.3 Å². The summed E-state index contributed by atoms with van der Waals surface area (Å²) < 4.78 is 6.16. The molecule has 0 spiro atoms. The first-order chi connectivity index (χ1) is 16.8. The average molecular weight is 483 g/mol. The second-order valence-electron chi connectivity index (χ2n) is 10.0. The Morgan fingerprint density at radius 2 is 1.18 bits per heavy atom. The van der Waals surface area contributed by atoms with Gasteiger partial charge in [0.2, 0.25) is 0 Å². The number of imidazole rings is 1. The Morgan fingerprint density at radius 1 is 0.676 bits per heavy atom. The first-order valence-corrected chi connectivity index (χ1v) is 16.7. The zero-order valence-corrected chi connectivity index (χ0v) is 23.7. The van der Waals surface area contributed by atoms with E-state index in [2.05, 4.69) is 55.0 Å². The Hall–Kier alpha value is -1.24. The summed E-state index contributed by atoms with van der Waals surface area (Å²) in [6.07, 6.45) is 24.1. The number of rotatable bonds is 21. The molecule has 0 aliphatic rings. The lowest BCUT2D eigenvalue weighted by atomic mass is 10.0. The molecule has 1 N–H and O–H groups in total. The molecular formula is C30H51AlN2O. The lowest BCUT2D eigenvalue weighted by Crippen LogP contribution is -2.18. The molecule has 3 nitrogen and oxygen atoms in total. The van der Waals surface area contributed by atoms with Crippen LogP contribution in [0.2, 0.25) is 10.6 Å². The lowest BCUT2D eigenvalue weighted by Gasteiger charge is -2.12. The quantitative estimate of drug-likeness (QED) is 0.142.